The molecule has 3 nitrogen and oxygen atoms in total. The van der Waals surface area contributed by atoms with Gasteiger partial charge in [0.15, 0.2) is 0 Å². The van der Waals surface area contributed by atoms with E-state index in [1.54, 1.807) is 0 Å². The normalized spacial score (nSPS) is 11.9. The number of hydrogen-bond acceptors (Lipinski definition) is 2. The standard InChI is InChI=1S/C10H11Cl2NO2/c1-15-10(14)13(12)7-9(11)8-5-3-2-4-6-8/h2-6,9H,7H2,1H3. The highest BCUT2D eigenvalue weighted by Gasteiger charge is 2.17. The van der Waals surface area contributed by atoms with Crippen molar-refractivity contribution in [1.82, 2.24) is 4.42 Å². The molecule has 0 radical (unpaired) electrons. The van der Waals surface area contributed by atoms with E-state index in [9.17, 15) is 4.79 Å². The first-order valence-electron chi connectivity index (χ1n) is 4.35. The Kier molecular flexibility index (Phi) is 4.72. The van der Waals surface area contributed by atoms with Crippen molar-refractivity contribution in [2.75, 3.05) is 13.7 Å². The van der Waals surface area contributed by atoms with E-state index in [-0.39, 0.29) is 11.9 Å². The Morgan fingerprint density at radius 2 is 2.07 bits per heavy atom. The largest absolute Gasteiger partial charge is 0.452 e. The summed E-state index contributed by atoms with van der Waals surface area (Å²) in [5.74, 6) is 0. The van der Waals surface area contributed by atoms with Crippen molar-refractivity contribution in [2.45, 2.75) is 5.38 Å². The predicted octanol–water partition coefficient (Wildman–Crippen LogP) is 3.19. The second-order valence-electron chi connectivity index (χ2n) is 2.89. The number of rotatable bonds is 3. The smallest absolute Gasteiger partial charge is 0.424 e. The molecule has 0 bridgehead atoms. The van der Waals surface area contributed by atoms with Gasteiger partial charge in [0.1, 0.15) is 0 Å². The Labute approximate surface area is 98.6 Å². The molecule has 0 heterocycles. The van der Waals surface area contributed by atoms with Gasteiger partial charge >= 0.3 is 6.09 Å². The summed E-state index contributed by atoms with van der Waals surface area (Å²) in [5, 5.41) is -0.345. The average molecular weight is 248 g/mol. The van der Waals surface area contributed by atoms with Gasteiger partial charge in [-0.05, 0) is 5.56 Å². The number of ether oxygens (including phenoxy) is 1. The molecule has 0 spiro atoms. The van der Waals surface area contributed by atoms with Gasteiger partial charge in [-0.15, -0.1) is 11.6 Å². The fraction of sp³-hybridized carbons (Fsp3) is 0.300. The van der Waals surface area contributed by atoms with E-state index < -0.39 is 6.09 Å². The molecule has 0 saturated heterocycles. The minimum atomic E-state index is -0.613. The minimum Gasteiger partial charge on any atom is -0.452 e. The fourth-order valence-corrected chi connectivity index (χ4v) is 1.64. The molecule has 1 rings (SSSR count). The molecule has 0 aromatic heterocycles. The number of halogens is 2. The molecule has 15 heavy (non-hydrogen) atoms. The van der Waals surface area contributed by atoms with Gasteiger partial charge in [-0.1, -0.05) is 30.3 Å². The number of alkyl halides is 1. The molecule has 0 N–H and O–H groups in total. The van der Waals surface area contributed by atoms with Gasteiger partial charge in [-0.2, -0.15) is 0 Å². The van der Waals surface area contributed by atoms with E-state index in [1.165, 1.54) is 7.11 Å². The van der Waals surface area contributed by atoms with Gasteiger partial charge in [0.05, 0.1) is 19.0 Å². The molecule has 1 aromatic rings. The first kappa shape index (κ1) is 12.1. The Balaban J connectivity index is 2.56. The van der Waals surface area contributed by atoms with Crippen LogP contribution in [0.2, 0.25) is 0 Å². The summed E-state index contributed by atoms with van der Waals surface area (Å²) in [6.07, 6.45) is -0.613. The quantitative estimate of drug-likeness (QED) is 0.607. The van der Waals surface area contributed by atoms with Crippen LogP contribution >= 0.6 is 23.4 Å². The first-order chi connectivity index (χ1) is 7.15. The number of nitrogens with zero attached hydrogens (tertiary/aromatic N) is 1. The van der Waals surface area contributed by atoms with Crippen molar-refractivity contribution in [2.24, 2.45) is 0 Å². The van der Waals surface area contributed by atoms with Crippen LogP contribution in [0.5, 0.6) is 0 Å². The van der Waals surface area contributed by atoms with E-state index in [4.69, 9.17) is 23.4 Å². The molecule has 1 aromatic carbocycles. The van der Waals surface area contributed by atoms with Crippen molar-refractivity contribution >= 4 is 29.5 Å². The summed E-state index contributed by atoms with van der Waals surface area (Å²) >= 11 is 11.7. The summed E-state index contributed by atoms with van der Waals surface area (Å²) in [5.41, 5.74) is 0.911. The third-order valence-electron chi connectivity index (χ3n) is 1.85. The molecule has 5 heteroatoms. The highest BCUT2D eigenvalue weighted by Crippen LogP contribution is 2.22. The van der Waals surface area contributed by atoms with Crippen molar-refractivity contribution in [3.63, 3.8) is 0 Å². The highest BCUT2D eigenvalue weighted by molar-refractivity contribution is 6.23. The van der Waals surface area contributed by atoms with Crippen molar-refractivity contribution in [3.05, 3.63) is 35.9 Å². The monoisotopic (exact) mass is 247 g/mol. The molecule has 0 fully saturated rings. The Morgan fingerprint density at radius 3 is 2.60 bits per heavy atom. The van der Waals surface area contributed by atoms with Gasteiger partial charge in [0.25, 0.3) is 0 Å². The van der Waals surface area contributed by atoms with Gasteiger partial charge in [0.2, 0.25) is 0 Å². The van der Waals surface area contributed by atoms with Crippen LogP contribution in [-0.4, -0.2) is 24.2 Å². The highest BCUT2D eigenvalue weighted by atomic mass is 35.5. The molecule has 1 unspecified atom stereocenters. The van der Waals surface area contributed by atoms with E-state index in [2.05, 4.69) is 4.74 Å². The summed E-state index contributed by atoms with van der Waals surface area (Å²) in [7, 11) is 1.27. The number of benzene rings is 1. The van der Waals surface area contributed by atoms with Crippen LogP contribution in [0.3, 0.4) is 0 Å². The first-order valence-corrected chi connectivity index (χ1v) is 5.13. The maximum absolute atomic E-state index is 11.0. The van der Waals surface area contributed by atoms with Crippen LogP contribution in [0.15, 0.2) is 30.3 Å². The number of carbonyl (C=O) groups is 1. The molecule has 82 valence electrons. The average Bonchev–Trinajstić information content (AvgIpc) is 2.29. The topological polar surface area (TPSA) is 29.5 Å². The van der Waals surface area contributed by atoms with Crippen LogP contribution in [0.1, 0.15) is 10.9 Å². The Morgan fingerprint density at radius 1 is 1.47 bits per heavy atom. The molecular formula is C10H11Cl2NO2. The minimum absolute atomic E-state index is 0.194. The SMILES string of the molecule is COC(=O)N(Cl)CC(Cl)c1ccccc1. The Hall–Kier alpha value is -0.930. The summed E-state index contributed by atoms with van der Waals surface area (Å²) in [6.45, 7) is 0.194. The molecule has 0 aliphatic carbocycles. The molecular weight excluding hydrogens is 237 g/mol. The molecule has 0 saturated carbocycles. The predicted molar refractivity (Wildman–Crippen MR) is 60.0 cm³/mol. The van der Waals surface area contributed by atoms with Crippen LogP contribution < -0.4 is 0 Å². The third kappa shape index (κ3) is 3.61. The van der Waals surface area contributed by atoms with E-state index in [1.807, 2.05) is 30.3 Å². The maximum Gasteiger partial charge on any atom is 0.424 e. The summed E-state index contributed by atoms with van der Waals surface area (Å²) < 4.78 is 5.37. The van der Waals surface area contributed by atoms with E-state index in [0.717, 1.165) is 9.98 Å². The third-order valence-corrected chi connectivity index (χ3v) is 2.52. The maximum atomic E-state index is 11.0. The van der Waals surface area contributed by atoms with E-state index in [0.29, 0.717) is 0 Å². The van der Waals surface area contributed by atoms with Gasteiger partial charge in [-0.3, -0.25) is 0 Å². The molecule has 1 amide bonds. The lowest BCUT2D eigenvalue weighted by atomic mass is 10.1. The number of methoxy groups -OCH3 is 1. The van der Waals surface area contributed by atoms with Gasteiger partial charge in [-0.25, -0.2) is 9.21 Å². The van der Waals surface area contributed by atoms with Crippen LogP contribution in [-0.2, 0) is 4.74 Å². The Bertz CT molecular complexity index is 318. The van der Waals surface area contributed by atoms with Crippen LogP contribution in [0.4, 0.5) is 4.79 Å². The van der Waals surface area contributed by atoms with Crippen molar-refractivity contribution in [3.8, 4) is 0 Å². The van der Waals surface area contributed by atoms with Crippen molar-refractivity contribution < 1.29 is 9.53 Å². The molecule has 0 aliphatic heterocycles. The van der Waals surface area contributed by atoms with Crippen molar-refractivity contribution in [1.29, 1.82) is 0 Å². The van der Waals surface area contributed by atoms with E-state index >= 15 is 0 Å². The number of carbonyl (C=O) groups excluding carboxylic acids is 1. The molecule has 0 aliphatic rings. The lowest BCUT2D eigenvalue weighted by molar-refractivity contribution is 0.150. The van der Waals surface area contributed by atoms with Crippen LogP contribution in [0.25, 0.3) is 0 Å². The zero-order valence-electron chi connectivity index (χ0n) is 8.19. The lowest BCUT2D eigenvalue weighted by Gasteiger charge is -2.16. The lowest BCUT2D eigenvalue weighted by Crippen LogP contribution is -2.24. The van der Waals surface area contributed by atoms with Gasteiger partial charge < -0.3 is 4.74 Å². The fourth-order valence-electron chi connectivity index (χ4n) is 1.08. The van der Waals surface area contributed by atoms with Gasteiger partial charge in [0, 0.05) is 11.8 Å². The summed E-state index contributed by atoms with van der Waals surface area (Å²) in [4.78, 5) is 11.0. The molecule has 1 atom stereocenters. The zero-order chi connectivity index (χ0) is 11.3. The summed E-state index contributed by atoms with van der Waals surface area (Å²) in [6, 6.07) is 9.40. The van der Waals surface area contributed by atoms with Crippen LogP contribution in [0, 0.1) is 0 Å². The second kappa shape index (κ2) is 5.83. The number of amides is 1. The zero-order valence-corrected chi connectivity index (χ0v) is 9.70. The second-order valence-corrected chi connectivity index (χ2v) is 3.83. The number of hydrogen-bond donors (Lipinski definition) is 0.